The van der Waals surface area contributed by atoms with Crippen molar-refractivity contribution in [3.8, 4) is 11.3 Å². The molecule has 1 saturated carbocycles. The smallest absolute Gasteiger partial charge is 0.408 e. The Bertz CT molecular complexity index is 966. The molecule has 0 aliphatic heterocycles. The first kappa shape index (κ1) is 17.0. The Morgan fingerprint density at radius 1 is 1.31 bits per heavy atom. The van der Waals surface area contributed by atoms with E-state index in [4.69, 9.17) is 4.42 Å². The molecule has 26 heavy (non-hydrogen) atoms. The van der Waals surface area contributed by atoms with Crippen molar-refractivity contribution in [3.63, 3.8) is 0 Å². The second-order valence-corrected chi connectivity index (χ2v) is 7.71. The zero-order chi connectivity index (χ0) is 17.9. The molecule has 1 aromatic carbocycles. The number of nitrogens with one attached hydrogen (secondary N) is 2. The van der Waals surface area contributed by atoms with Gasteiger partial charge in [0.05, 0.1) is 11.2 Å². The average molecular weight is 371 g/mol. The molecule has 0 unspecified atom stereocenters. The summed E-state index contributed by atoms with van der Waals surface area (Å²) in [6.45, 7) is 0. The van der Waals surface area contributed by atoms with Crippen LogP contribution in [-0.2, 0) is 4.79 Å². The molecule has 4 rings (SSSR count). The quantitative estimate of drug-likeness (QED) is 0.689. The van der Waals surface area contributed by atoms with Crippen molar-refractivity contribution in [1.29, 1.82) is 0 Å². The third-order valence-corrected chi connectivity index (χ3v) is 5.73. The Kier molecular flexibility index (Phi) is 4.88. The summed E-state index contributed by atoms with van der Waals surface area (Å²) in [7, 11) is 0. The fourth-order valence-electron chi connectivity index (χ4n) is 3.57. The normalized spacial score (nSPS) is 15.4. The number of H-pyrrole nitrogens is 1. The monoisotopic (exact) mass is 371 g/mol. The number of hydrogen-bond donors (Lipinski definition) is 2. The predicted molar refractivity (Wildman–Crippen MR) is 102 cm³/mol. The van der Waals surface area contributed by atoms with Crippen LogP contribution in [0.15, 0.2) is 32.8 Å². The summed E-state index contributed by atoms with van der Waals surface area (Å²) >= 11 is 1.41. The van der Waals surface area contributed by atoms with E-state index in [2.05, 4.69) is 15.3 Å². The summed E-state index contributed by atoms with van der Waals surface area (Å²) in [5.41, 5.74) is 2.79. The molecule has 2 aromatic heterocycles. The summed E-state index contributed by atoms with van der Waals surface area (Å²) in [4.78, 5) is 30.6. The van der Waals surface area contributed by atoms with E-state index in [0.29, 0.717) is 28.6 Å². The third kappa shape index (κ3) is 3.88. The largest absolute Gasteiger partial charge is 0.417 e. The number of rotatable bonds is 5. The molecule has 0 atom stereocenters. The molecule has 0 saturated heterocycles. The summed E-state index contributed by atoms with van der Waals surface area (Å²) in [6.07, 6.45) is 7.97. The van der Waals surface area contributed by atoms with Crippen molar-refractivity contribution >= 4 is 33.5 Å². The summed E-state index contributed by atoms with van der Waals surface area (Å²) in [5, 5.41) is 5.41. The van der Waals surface area contributed by atoms with E-state index in [1.165, 1.54) is 43.4 Å². The minimum absolute atomic E-state index is 0.0334. The third-order valence-electron chi connectivity index (χ3n) is 4.97. The molecular formula is C19H21N3O3S. The van der Waals surface area contributed by atoms with Gasteiger partial charge in [0.2, 0.25) is 5.91 Å². The molecule has 1 fully saturated rings. The minimum Gasteiger partial charge on any atom is -0.408 e. The number of fused-ring (bicyclic) bond motifs is 1. The maximum absolute atomic E-state index is 12.2. The number of oxazole rings is 1. The molecule has 7 heteroatoms. The van der Waals surface area contributed by atoms with Crippen LogP contribution < -0.4 is 11.1 Å². The van der Waals surface area contributed by atoms with Gasteiger partial charge in [-0.25, -0.2) is 9.78 Å². The maximum atomic E-state index is 12.2. The average Bonchev–Trinajstić information content (AvgIpc) is 3.25. The predicted octanol–water partition coefficient (Wildman–Crippen LogP) is 4.54. The molecule has 3 aromatic rings. The zero-order valence-electron chi connectivity index (χ0n) is 14.4. The van der Waals surface area contributed by atoms with Gasteiger partial charge in [-0.1, -0.05) is 32.1 Å². The van der Waals surface area contributed by atoms with E-state index in [9.17, 15) is 9.59 Å². The van der Waals surface area contributed by atoms with E-state index in [-0.39, 0.29) is 5.91 Å². The van der Waals surface area contributed by atoms with E-state index in [1.54, 1.807) is 6.07 Å². The van der Waals surface area contributed by atoms with Gasteiger partial charge in [-0.05, 0) is 30.5 Å². The van der Waals surface area contributed by atoms with Gasteiger partial charge in [-0.3, -0.25) is 9.78 Å². The Balaban J connectivity index is 1.38. The number of thiazole rings is 1. The second kappa shape index (κ2) is 7.45. The number of hydrogen-bond acceptors (Lipinski definition) is 5. The lowest BCUT2D eigenvalue weighted by Crippen LogP contribution is -2.14. The highest BCUT2D eigenvalue weighted by Gasteiger charge is 2.15. The van der Waals surface area contributed by atoms with E-state index in [1.807, 2.05) is 17.5 Å². The standard InChI is InChI=1S/C19H21N3O3S/c23-17(9-6-12-4-2-1-3-5-12)22-18-20-15(11-26-18)13-7-8-16-14(10-13)21-19(24)25-16/h7-8,10-12H,1-6,9H2,(H,21,24)(H,20,22,23). The lowest BCUT2D eigenvalue weighted by Gasteiger charge is -2.20. The van der Waals surface area contributed by atoms with Crippen LogP contribution in [-0.4, -0.2) is 15.9 Å². The number of benzene rings is 1. The van der Waals surface area contributed by atoms with Gasteiger partial charge in [0.1, 0.15) is 0 Å². The van der Waals surface area contributed by atoms with Crippen LogP contribution in [0.25, 0.3) is 22.4 Å². The number of carbonyl (C=O) groups excluding carboxylic acids is 1. The van der Waals surface area contributed by atoms with Crippen LogP contribution in [0.2, 0.25) is 0 Å². The van der Waals surface area contributed by atoms with Gasteiger partial charge in [-0.15, -0.1) is 11.3 Å². The van der Waals surface area contributed by atoms with E-state index in [0.717, 1.165) is 17.7 Å². The van der Waals surface area contributed by atoms with Crippen LogP contribution in [0, 0.1) is 5.92 Å². The molecule has 0 radical (unpaired) electrons. The zero-order valence-corrected chi connectivity index (χ0v) is 15.2. The van der Waals surface area contributed by atoms with Crippen molar-refractivity contribution in [1.82, 2.24) is 9.97 Å². The number of amides is 1. The number of aromatic nitrogens is 2. The molecule has 1 aliphatic carbocycles. The molecule has 2 heterocycles. The minimum atomic E-state index is -0.471. The second-order valence-electron chi connectivity index (χ2n) is 6.85. The lowest BCUT2D eigenvalue weighted by molar-refractivity contribution is -0.116. The first-order valence-corrected chi connectivity index (χ1v) is 9.94. The fourth-order valence-corrected chi connectivity index (χ4v) is 4.30. The molecule has 0 bridgehead atoms. The van der Waals surface area contributed by atoms with Crippen LogP contribution in [0.3, 0.4) is 0 Å². The highest BCUT2D eigenvalue weighted by molar-refractivity contribution is 7.14. The van der Waals surface area contributed by atoms with Gasteiger partial charge >= 0.3 is 5.76 Å². The summed E-state index contributed by atoms with van der Waals surface area (Å²) in [5.74, 6) is 0.262. The van der Waals surface area contributed by atoms with E-state index < -0.39 is 5.76 Å². The molecule has 1 aliphatic rings. The molecule has 1 amide bonds. The van der Waals surface area contributed by atoms with Gasteiger partial charge in [-0.2, -0.15) is 0 Å². The molecule has 136 valence electrons. The molecule has 2 N–H and O–H groups in total. The topological polar surface area (TPSA) is 88.0 Å². The Morgan fingerprint density at radius 2 is 2.15 bits per heavy atom. The molecule has 0 spiro atoms. The number of carbonyl (C=O) groups is 1. The van der Waals surface area contributed by atoms with Crippen LogP contribution >= 0.6 is 11.3 Å². The fraction of sp³-hybridized carbons (Fsp3) is 0.421. The summed E-state index contributed by atoms with van der Waals surface area (Å²) < 4.78 is 5.01. The first-order chi connectivity index (χ1) is 12.7. The van der Waals surface area contributed by atoms with Crippen LogP contribution in [0.5, 0.6) is 0 Å². The Morgan fingerprint density at radius 3 is 3.00 bits per heavy atom. The van der Waals surface area contributed by atoms with Crippen molar-refractivity contribution in [2.75, 3.05) is 5.32 Å². The van der Waals surface area contributed by atoms with Crippen molar-refractivity contribution in [2.45, 2.75) is 44.9 Å². The first-order valence-electron chi connectivity index (χ1n) is 9.06. The highest BCUT2D eigenvalue weighted by atomic mass is 32.1. The van der Waals surface area contributed by atoms with Crippen molar-refractivity contribution in [3.05, 3.63) is 34.1 Å². The highest BCUT2D eigenvalue weighted by Crippen LogP contribution is 2.29. The SMILES string of the molecule is O=C(CCC1CCCCC1)Nc1nc(-c2ccc3oc(=O)[nH]c3c2)cs1. The number of anilines is 1. The molecular weight excluding hydrogens is 350 g/mol. The Labute approximate surface area is 154 Å². The van der Waals surface area contributed by atoms with Crippen LogP contribution in [0.4, 0.5) is 5.13 Å². The van der Waals surface area contributed by atoms with Crippen molar-refractivity contribution < 1.29 is 9.21 Å². The van der Waals surface area contributed by atoms with E-state index >= 15 is 0 Å². The molecule has 6 nitrogen and oxygen atoms in total. The summed E-state index contributed by atoms with van der Waals surface area (Å²) in [6, 6.07) is 5.41. The van der Waals surface area contributed by atoms with Crippen molar-refractivity contribution in [2.24, 2.45) is 5.92 Å². The van der Waals surface area contributed by atoms with Gasteiger partial charge in [0.25, 0.3) is 0 Å². The van der Waals surface area contributed by atoms with Gasteiger partial charge < -0.3 is 9.73 Å². The van der Waals surface area contributed by atoms with Gasteiger partial charge in [0.15, 0.2) is 10.7 Å². The number of aromatic amines is 1. The lowest BCUT2D eigenvalue weighted by atomic mass is 9.86. The maximum Gasteiger partial charge on any atom is 0.417 e. The Hall–Kier alpha value is -2.41. The van der Waals surface area contributed by atoms with Crippen LogP contribution in [0.1, 0.15) is 44.9 Å². The number of nitrogens with zero attached hydrogens (tertiary/aromatic N) is 1. The van der Waals surface area contributed by atoms with Gasteiger partial charge in [0, 0.05) is 17.4 Å².